The van der Waals surface area contributed by atoms with E-state index in [1.54, 1.807) is 11.7 Å². The van der Waals surface area contributed by atoms with Crippen LogP contribution in [-0.2, 0) is 11.8 Å². The van der Waals surface area contributed by atoms with Gasteiger partial charge in [0, 0.05) is 18.3 Å². The van der Waals surface area contributed by atoms with Gasteiger partial charge in [0.25, 0.3) is 0 Å². The molecule has 1 atom stereocenters. The van der Waals surface area contributed by atoms with Crippen molar-refractivity contribution < 1.29 is 4.79 Å². The van der Waals surface area contributed by atoms with E-state index in [2.05, 4.69) is 26.2 Å². The van der Waals surface area contributed by atoms with Gasteiger partial charge < -0.3 is 10.6 Å². The SMILES string of the molecule is Cn1nnnc1-c1cccc(NC(=O)[C@H]2CCCN2)c1. The molecule has 3 rings (SSSR count). The van der Waals surface area contributed by atoms with Crippen LogP contribution in [0.4, 0.5) is 5.69 Å². The Morgan fingerprint density at radius 3 is 3.10 bits per heavy atom. The predicted octanol–water partition coefficient (Wildman–Crippen LogP) is 0.568. The molecule has 0 spiro atoms. The molecule has 0 bridgehead atoms. The number of tetrazole rings is 1. The summed E-state index contributed by atoms with van der Waals surface area (Å²) >= 11 is 0. The van der Waals surface area contributed by atoms with Crippen molar-refractivity contribution in [3.63, 3.8) is 0 Å². The molecular formula is C13H16N6O. The van der Waals surface area contributed by atoms with Crippen LogP contribution in [-0.4, -0.2) is 38.7 Å². The third-order valence-corrected chi connectivity index (χ3v) is 3.39. The predicted molar refractivity (Wildman–Crippen MR) is 73.9 cm³/mol. The molecule has 1 aromatic heterocycles. The van der Waals surface area contributed by atoms with Crippen LogP contribution < -0.4 is 10.6 Å². The van der Waals surface area contributed by atoms with Crippen LogP contribution in [0, 0.1) is 0 Å². The summed E-state index contributed by atoms with van der Waals surface area (Å²) in [6.07, 6.45) is 1.93. The van der Waals surface area contributed by atoms with E-state index in [0.717, 1.165) is 30.6 Å². The van der Waals surface area contributed by atoms with Crippen LogP contribution >= 0.6 is 0 Å². The lowest BCUT2D eigenvalue weighted by Crippen LogP contribution is -2.35. The monoisotopic (exact) mass is 272 g/mol. The number of anilines is 1. The quantitative estimate of drug-likeness (QED) is 0.853. The summed E-state index contributed by atoms with van der Waals surface area (Å²) in [6.45, 7) is 0.905. The van der Waals surface area contributed by atoms with Crippen LogP contribution in [0.25, 0.3) is 11.4 Å². The van der Waals surface area contributed by atoms with Crippen molar-refractivity contribution >= 4 is 11.6 Å². The molecule has 1 aromatic carbocycles. The van der Waals surface area contributed by atoms with Crippen LogP contribution in [0.3, 0.4) is 0 Å². The lowest BCUT2D eigenvalue weighted by molar-refractivity contribution is -0.117. The molecule has 7 nitrogen and oxygen atoms in total. The van der Waals surface area contributed by atoms with Gasteiger partial charge in [0.2, 0.25) is 5.91 Å². The number of benzene rings is 1. The standard InChI is InChI=1S/C13H16N6O/c1-19-12(16-17-18-19)9-4-2-5-10(8-9)15-13(20)11-6-3-7-14-11/h2,4-5,8,11,14H,3,6-7H2,1H3,(H,15,20)/t11-/m1/s1. The van der Waals surface area contributed by atoms with Crippen molar-refractivity contribution in [1.82, 2.24) is 25.5 Å². The normalized spacial score (nSPS) is 18.1. The van der Waals surface area contributed by atoms with Gasteiger partial charge in [0.15, 0.2) is 5.82 Å². The van der Waals surface area contributed by atoms with Crippen molar-refractivity contribution in [2.24, 2.45) is 7.05 Å². The van der Waals surface area contributed by atoms with Crippen molar-refractivity contribution in [1.29, 1.82) is 0 Å². The Labute approximate surface area is 116 Å². The van der Waals surface area contributed by atoms with Crippen LogP contribution in [0.1, 0.15) is 12.8 Å². The number of nitrogens with one attached hydrogen (secondary N) is 2. The smallest absolute Gasteiger partial charge is 0.241 e. The van der Waals surface area contributed by atoms with Crippen LogP contribution in [0.5, 0.6) is 0 Å². The number of aromatic nitrogens is 4. The molecule has 20 heavy (non-hydrogen) atoms. The van der Waals surface area contributed by atoms with E-state index in [1.165, 1.54) is 0 Å². The lowest BCUT2D eigenvalue weighted by Gasteiger charge is -2.11. The molecule has 1 fully saturated rings. The first-order valence-corrected chi connectivity index (χ1v) is 6.61. The number of hydrogen-bond donors (Lipinski definition) is 2. The van der Waals surface area contributed by atoms with Gasteiger partial charge in [0.05, 0.1) is 6.04 Å². The Morgan fingerprint density at radius 2 is 2.40 bits per heavy atom. The Balaban J connectivity index is 1.78. The molecule has 1 amide bonds. The van der Waals surface area contributed by atoms with Crippen molar-refractivity contribution in [2.45, 2.75) is 18.9 Å². The number of aryl methyl sites for hydroxylation is 1. The van der Waals surface area contributed by atoms with Crippen molar-refractivity contribution in [2.75, 3.05) is 11.9 Å². The second-order valence-corrected chi connectivity index (χ2v) is 4.85. The molecule has 0 aliphatic carbocycles. The van der Waals surface area contributed by atoms with Gasteiger partial charge in [-0.05, 0) is 41.9 Å². The van der Waals surface area contributed by atoms with E-state index < -0.39 is 0 Å². The largest absolute Gasteiger partial charge is 0.325 e. The second-order valence-electron chi connectivity index (χ2n) is 4.85. The maximum Gasteiger partial charge on any atom is 0.241 e. The molecule has 0 radical (unpaired) electrons. The number of amides is 1. The van der Waals surface area contributed by atoms with Gasteiger partial charge in [-0.25, -0.2) is 4.68 Å². The van der Waals surface area contributed by atoms with E-state index >= 15 is 0 Å². The molecule has 104 valence electrons. The minimum atomic E-state index is -0.0878. The highest BCUT2D eigenvalue weighted by Crippen LogP contribution is 2.20. The minimum absolute atomic E-state index is 0.00994. The topological polar surface area (TPSA) is 84.7 Å². The number of rotatable bonds is 3. The van der Waals surface area contributed by atoms with E-state index in [4.69, 9.17) is 0 Å². The maximum absolute atomic E-state index is 12.1. The molecule has 0 unspecified atom stereocenters. The zero-order chi connectivity index (χ0) is 13.9. The summed E-state index contributed by atoms with van der Waals surface area (Å²) in [5.41, 5.74) is 1.62. The minimum Gasteiger partial charge on any atom is -0.325 e. The van der Waals surface area contributed by atoms with E-state index in [9.17, 15) is 4.79 Å². The van der Waals surface area contributed by atoms with Crippen LogP contribution in [0.15, 0.2) is 24.3 Å². The molecule has 7 heteroatoms. The maximum atomic E-state index is 12.1. The fraction of sp³-hybridized carbons (Fsp3) is 0.385. The lowest BCUT2D eigenvalue weighted by atomic mass is 10.1. The Morgan fingerprint density at radius 1 is 1.50 bits per heavy atom. The molecule has 0 saturated carbocycles. The molecule has 2 N–H and O–H groups in total. The summed E-state index contributed by atoms with van der Waals surface area (Å²) in [5.74, 6) is 0.677. The number of hydrogen-bond acceptors (Lipinski definition) is 5. The van der Waals surface area contributed by atoms with Gasteiger partial charge in [-0.2, -0.15) is 0 Å². The Bertz CT molecular complexity index is 617. The van der Waals surface area contributed by atoms with E-state index in [1.807, 2.05) is 24.3 Å². The summed E-state index contributed by atoms with van der Waals surface area (Å²) < 4.78 is 1.60. The third kappa shape index (κ3) is 2.53. The fourth-order valence-electron chi connectivity index (χ4n) is 2.35. The molecule has 2 aromatic rings. The number of carbonyl (C=O) groups is 1. The molecule has 1 saturated heterocycles. The van der Waals surface area contributed by atoms with Gasteiger partial charge in [-0.3, -0.25) is 4.79 Å². The Kier molecular flexibility index (Phi) is 3.42. The highest BCUT2D eigenvalue weighted by atomic mass is 16.2. The zero-order valence-corrected chi connectivity index (χ0v) is 11.2. The average Bonchev–Trinajstić information content (AvgIpc) is 3.10. The van der Waals surface area contributed by atoms with Gasteiger partial charge in [0.1, 0.15) is 0 Å². The molecular weight excluding hydrogens is 256 g/mol. The molecule has 1 aliphatic heterocycles. The van der Waals surface area contributed by atoms with Gasteiger partial charge >= 0.3 is 0 Å². The van der Waals surface area contributed by atoms with Crippen molar-refractivity contribution in [3.05, 3.63) is 24.3 Å². The highest BCUT2D eigenvalue weighted by Gasteiger charge is 2.21. The first-order chi connectivity index (χ1) is 9.74. The fourth-order valence-corrected chi connectivity index (χ4v) is 2.35. The van der Waals surface area contributed by atoms with Crippen LogP contribution in [0.2, 0.25) is 0 Å². The summed E-state index contributed by atoms with van der Waals surface area (Å²) in [5, 5.41) is 17.5. The third-order valence-electron chi connectivity index (χ3n) is 3.39. The Hall–Kier alpha value is -2.28. The summed E-state index contributed by atoms with van der Waals surface area (Å²) in [7, 11) is 1.78. The first kappa shape index (κ1) is 12.7. The van der Waals surface area contributed by atoms with Gasteiger partial charge in [-0.15, -0.1) is 5.10 Å². The van der Waals surface area contributed by atoms with E-state index in [0.29, 0.717) is 5.82 Å². The average molecular weight is 272 g/mol. The van der Waals surface area contributed by atoms with E-state index in [-0.39, 0.29) is 11.9 Å². The summed E-state index contributed by atoms with van der Waals surface area (Å²) in [4.78, 5) is 12.1. The first-order valence-electron chi connectivity index (χ1n) is 6.61. The van der Waals surface area contributed by atoms with Gasteiger partial charge in [-0.1, -0.05) is 12.1 Å². The number of nitrogens with zero attached hydrogens (tertiary/aromatic N) is 4. The molecule has 2 heterocycles. The zero-order valence-electron chi connectivity index (χ0n) is 11.2. The van der Waals surface area contributed by atoms with Crippen molar-refractivity contribution in [3.8, 4) is 11.4 Å². The number of carbonyl (C=O) groups excluding carboxylic acids is 1. The molecule has 1 aliphatic rings. The highest BCUT2D eigenvalue weighted by molar-refractivity contribution is 5.95. The second kappa shape index (κ2) is 5.38. The summed E-state index contributed by atoms with van der Waals surface area (Å²) in [6, 6.07) is 7.44.